The van der Waals surface area contributed by atoms with Crippen molar-refractivity contribution in [1.82, 2.24) is 9.97 Å². The van der Waals surface area contributed by atoms with E-state index in [0.29, 0.717) is 11.1 Å². The number of nitro benzene ring substituents is 2. The summed E-state index contributed by atoms with van der Waals surface area (Å²) in [7, 11) is -4.32. The van der Waals surface area contributed by atoms with E-state index < -0.39 is 37.5 Å². The molecule has 0 fully saturated rings. The van der Waals surface area contributed by atoms with E-state index in [1.54, 1.807) is 0 Å². The molecular weight excluding hydrogens is 446 g/mol. The number of aliphatic carboxylic acids is 1. The molecule has 0 aliphatic heterocycles. The van der Waals surface area contributed by atoms with Crippen LogP contribution in [0.5, 0.6) is 0 Å². The molecule has 0 atom stereocenters. The van der Waals surface area contributed by atoms with Crippen LogP contribution in [-0.4, -0.2) is 45.1 Å². The van der Waals surface area contributed by atoms with Crippen LogP contribution >= 0.6 is 0 Å². The van der Waals surface area contributed by atoms with Crippen LogP contribution in [0.3, 0.4) is 0 Å². The number of benzene rings is 2. The molecule has 0 saturated heterocycles. The Hall–Kier alpha value is -4.46. The monoisotopic (exact) mass is 459 g/mol. The first kappa shape index (κ1) is 22.2. The van der Waals surface area contributed by atoms with Gasteiger partial charge in [-0.2, -0.15) is 0 Å². The van der Waals surface area contributed by atoms with Crippen LogP contribution in [0.25, 0.3) is 22.5 Å². The summed E-state index contributed by atoms with van der Waals surface area (Å²) >= 11 is 0. The lowest BCUT2D eigenvalue weighted by molar-refractivity contribution is -0.385. The molecule has 1 aromatic heterocycles. The summed E-state index contributed by atoms with van der Waals surface area (Å²) in [6, 6.07) is 12.0. The number of hydrogen-bond acceptors (Lipinski definition) is 9. The van der Waals surface area contributed by atoms with Gasteiger partial charge in [-0.1, -0.05) is 0 Å². The lowest BCUT2D eigenvalue weighted by atomic mass is 10.1. The van der Waals surface area contributed by atoms with Crippen LogP contribution in [0.4, 0.5) is 17.3 Å². The summed E-state index contributed by atoms with van der Waals surface area (Å²) in [5.41, 5.74) is 0.800. The minimum absolute atomic E-state index is 0.166. The molecule has 0 aliphatic carbocycles. The third-order valence-electron chi connectivity index (χ3n) is 4.03. The van der Waals surface area contributed by atoms with Gasteiger partial charge in [0.15, 0.2) is 5.75 Å². The molecule has 0 saturated carbocycles. The van der Waals surface area contributed by atoms with Crippen molar-refractivity contribution in [3.05, 3.63) is 74.8 Å². The normalized spacial score (nSPS) is 11.0. The molecule has 0 bridgehead atoms. The third kappa shape index (κ3) is 5.37. The molecule has 3 rings (SSSR count). The zero-order valence-corrected chi connectivity index (χ0v) is 16.7. The molecule has 1 heterocycles. The number of hydrogen-bond donors (Lipinski definition) is 2. The van der Waals surface area contributed by atoms with Crippen molar-refractivity contribution in [3.8, 4) is 22.5 Å². The zero-order valence-electron chi connectivity index (χ0n) is 15.9. The van der Waals surface area contributed by atoms with Crippen molar-refractivity contribution in [1.29, 1.82) is 0 Å². The van der Waals surface area contributed by atoms with E-state index in [2.05, 4.69) is 9.97 Å². The fourth-order valence-corrected chi connectivity index (χ4v) is 3.40. The maximum atomic E-state index is 12.0. The number of anilines is 1. The molecule has 0 spiro atoms. The minimum Gasteiger partial charge on any atom is -0.480 e. The van der Waals surface area contributed by atoms with Crippen molar-refractivity contribution in [2.24, 2.45) is 0 Å². The molecular formula is C18H13N5O8S. The summed E-state index contributed by atoms with van der Waals surface area (Å²) in [4.78, 5) is 39.5. The molecule has 2 aromatic carbocycles. The van der Waals surface area contributed by atoms with Crippen LogP contribution < -0.4 is 4.72 Å². The van der Waals surface area contributed by atoms with Gasteiger partial charge in [0, 0.05) is 35.4 Å². The number of carboxylic acids is 1. The highest BCUT2D eigenvalue weighted by atomic mass is 32.2. The van der Waals surface area contributed by atoms with Gasteiger partial charge >= 0.3 is 5.97 Å². The number of carbonyl (C=O) groups is 1. The Labute approximate surface area is 179 Å². The SMILES string of the molecule is O=C(O)CS(=O)(=O)Nc1nc(-c2ccc([N+](=O)[O-])cc2)cc(-c2ccc([N+](=O)[O-])cc2)n1. The van der Waals surface area contributed by atoms with Crippen LogP contribution in [0.1, 0.15) is 0 Å². The van der Waals surface area contributed by atoms with Crippen molar-refractivity contribution in [3.63, 3.8) is 0 Å². The van der Waals surface area contributed by atoms with Gasteiger partial charge in [-0.3, -0.25) is 29.7 Å². The predicted octanol–water partition coefficient (Wildman–Crippen LogP) is 2.45. The fraction of sp³-hybridized carbons (Fsp3) is 0.0556. The van der Waals surface area contributed by atoms with Crippen molar-refractivity contribution in [2.75, 3.05) is 10.5 Å². The molecule has 164 valence electrons. The largest absolute Gasteiger partial charge is 0.480 e. The van der Waals surface area contributed by atoms with E-state index >= 15 is 0 Å². The van der Waals surface area contributed by atoms with Gasteiger partial charge < -0.3 is 5.11 Å². The highest BCUT2D eigenvalue weighted by Gasteiger charge is 2.19. The van der Waals surface area contributed by atoms with Gasteiger partial charge in [0.2, 0.25) is 16.0 Å². The van der Waals surface area contributed by atoms with E-state index in [9.17, 15) is 33.4 Å². The van der Waals surface area contributed by atoms with E-state index in [1.807, 2.05) is 4.72 Å². The summed E-state index contributed by atoms with van der Waals surface area (Å²) < 4.78 is 26.0. The Morgan fingerprint density at radius 3 is 1.62 bits per heavy atom. The van der Waals surface area contributed by atoms with E-state index in [1.165, 1.54) is 54.6 Å². The van der Waals surface area contributed by atoms with Crippen LogP contribution in [0.15, 0.2) is 54.6 Å². The second-order valence-electron chi connectivity index (χ2n) is 6.32. The van der Waals surface area contributed by atoms with Crippen molar-refractivity contribution >= 4 is 33.3 Å². The zero-order chi connectivity index (χ0) is 23.5. The average molecular weight is 459 g/mol. The molecule has 0 aliphatic rings. The number of non-ortho nitro benzene ring substituents is 2. The molecule has 14 heteroatoms. The lowest BCUT2D eigenvalue weighted by Gasteiger charge is -2.10. The smallest absolute Gasteiger partial charge is 0.320 e. The van der Waals surface area contributed by atoms with E-state index in [4.69, 9.17) is 5.11 Å². The van der Waals surface area contributed by atoms with Gasteiger partial charge in [-0.05, 0) is 30.3 Å². The molecule has 13 nitrogen and oxygen atoms in total. The maximum absolute atomic E-state index is 12.0. The first-order valence-electron chi connectivity index (χ1n) is 8.65. The number of nitro groups is 2. The van der Waals surface area contributed by atoms with Crippen LogP contribution in [-0.2, 0) is 14.8 Å². The molecule has 32 heavy (non-hydrogen) atoms. The Morgan fingerprint density at radius 2 is 1.28 bits per heavy atom. The summed E-state index contributed by atoms with van der Waals surface area (Å²) in [5, 5.41) is 30.5. The van der Waals surface area contributed by atoms with E-state index in [0.717, 1.165) is 0 Å². The second-order valence-corrected chi connectivity index (χ2v) is 8.05. The number of nitrogens with one attached hydrogen (secondary N) is 1. The Morgan fingerprint density at radius 1 is 0.875 bits per heavy atom. The van der Waals surface area contributed by atoms with Gasteiger partial charge in [0.1, 0.15) is 0 Å². The molecule has 0 amide bonds. The van der Waals surface area contributed by atoms with Crippen molar-refractivity contribution in [2.45, 2.75) is 0 Å². The molecule has 3 aromatic rings. The third-order valence-corrected chi connectivity index (χ3v) is 5.15. The van der Waals surface area contributed by atoms with Crippen molar-refractivity contribution < 1.29 is 28.2 Å². The molecule has 0 radical (unpaired) electrons. The number of sulfonamides is 1. The minimum atomic E-state index is -4.32. The Balaban J connectivity index is 2.09. The highest BCUT2D eigenvalue weighted by molar-refractivity contribution is 7.93. The molecule has 2 N–H and O–H groups in total. The molecule has 0 unspecified atom stereocenters. The van der Waals surface area contributed by atoms with Gasteiger partial charge in [-0.25, -0.2) is 18.4 Å². The topological polar surface area (TPSA) is 196 Å². The summed E-state index contributed by atoms with van der Waals surface area (Å²) in [5.74, 6) is -3.24. The average Bonchev–Trinajstić information content (AvgIpc) is 2.72. The first-order chi connectivity index (χ1) is 15.0. The Bertz CT molecular complexity index is 1230. The Kier molecular flexibility index (Phi) is 6.06. The fourth-order valence-electron chi connectivity index (χ4n) is 2.63. The predicted molar refractivity (Wildman–Crippen MR) is 111 cm³/mol. The lowest BCUT2D eigenvalue weighted by Crippen LogP contribution is -2.23. The highest BCUT2D eigenvalue weighted by Crippen LogP contribution is 2.28. The summed E-state index contributed by atoms with van der Waals surface area (Å²) in [6.45, 7) is 0. The second kappa shape index (κ2) is 8.73. The number of nitrogens with zero attached hydrogens (tertiary/aromatic N) is 4. The number of carboxylic acid groups (broad SMARTS) is 1. The first-order valence-corrected chi connectivity index (χ1v) is 10.3. The number of rotatable bonds is 8. The maximum Gasteiger partial charge on any atom is 0.320 e. The standard InChI is InChI=1S/C18H13N5O8S/c24-17(25)10-32(30,31)21-18-19-15(11-1-5-13(6-2-11)22(26)27)9-16(20-18)12-3-7-14(8-4-12)23(28)29/h1-9H,10H2,(H,24,25)(H,19,20,21). The van der Waals surface area contributed by atoms with Gasteiger partial charge in [0.25, 0.3) is 11.4 Å². The van der Waals surface area contributed by atoms with Gasteiger partial charge in [0.05, 0.1) is 21.2 Å². The number of aromatic nitrogens is 2. The van der Waals surface area contributed by atoms with Crippen LogP contribution in [0, 0.1) is 20.2 Å². The quantitative estimate of drug-likeness (QED) is 0.373. The van der Waals surface area contributed by atoms with E-state index in [-0.39, 0.29) is 22.8 Å². The van der Waals surface area contributed by atoms with Crippen LogP contribution in [0.2, 0.25) is 0 Å². The summed E-state index contributed by atoms with van der Waals surface area (Å²) in [6.07, 6.45) is 0. The van der Waals surface area contributed by atoms with Gasteiger partial charge in [-0.15, -0.1) is 0 Å².